The van der Waals surface area contributed by atoms with Crippen molar-refractivity contribution < 1.29 is 19.4 Å². The van der Waals surface area contributed by atoms with E-state index in [-0.39, 0.29) is 12.0 Å². The number of aliphatic carboxylic acids is 1. The molecule has 1 rings (SSSR count). The first-order chi connectivity index (χ1) is 7.22. The third-order valence-corrected chi connectivity index (χ3v) is 2.44. The standard InChI is InChI=1S/C11H19NO4/c1-10(2,3)16-9(15)12-11(6-7-11)5-4-8(13)14/h4-7H2,1-3H3,(H,12,15)(H,13,14). The third kappa shape index (κ3) is 4.51. The Morgan fingerprint density at radius 1 is 1.38 bits per heavy atom. The molecule has 0 saturated heterocycles. The zero-order valence-electron chi connectivity index (χ0n) is 10.0. The second kappa shape index (κ2) is 4.31. The molecular weight excluding hydrogens is 210 g/mol. The van der Waals surface area contributed by atoms with Gasteiger partial charge in [0.2, 0.25) is 0 Å². The molecule has 5 heteroatoms. The molecule has 2 N–H and O–H groups in total. The highest BCUT2D eigenvalue weighted by Gasteiger charge is 2.44. The Morgan fingerprint density at radius 2 is 1.94 bits per heavy atom. The second-order valence-corrected chi connectivity index (χ2v) is 5.30. The minimum atomic E-state index is -0.836. The maximum atomic E-state index is 11.5. The largest absolute Gasteiger partial charge is 0.481 e. The van der Waals surface area contributed by atoms with Crippen molar-refractivity contribution >= 4 is 12.1 Å². The van der Waals surface area contributed by atoms with E-state index in [4.69, 9.17) is 9.84 Å². The monoisotopic (exact) mass is 229 g/mol. The maximum Gasteiger partial charge on any atom is 0.408 e. The molecule has 0 aromatic carbocycles. The zero-order chi connectivity index (χ0) is 12.4. The molecule has 0 radical (unpaired) electrons. The van der Waals surface area contributed by atoms with Gasteiger partial charge in [-0.15, -0.1) is 0 Å². The molecule has 1 amide bonds. The Morgan fingerprint density at radius 3 is 2.31 bits per heavy atom. The third-order valence-electron chi connectivity index (χ3n) is 2.44. The molecule has 0 spiro atoms. The fourth-order valence-corrected chi connectivity index (χ4v) is 1.45. The van der Waals surface area contributed by atoms with Crippen molar-refractivity contribution in [1.29, 1.82) is 0 Å². The number of ether oxygens (including phenoxy) is 1. The van der Waals surface area contributed by atoms with Crippen molar-refractivity contribution in [2.75, 3.05) is 0 Å². The van der Waals surface area contributed by atoms with E-state index < -0.39 is 17.7 Å². The highest BCUT2D eigenvalue weighted by Crippen LogP contribution is 2.39. The van der Waals surface area contributed by atoms with Crippen LogP contribution in [0, 0.1) is 0 Å². The van der Waals surface area contributed by atoms with Crippen molar-refractivity contribution in [2.24, 2.45) is 0 Å². The summed E-state index contributed by atoms with van der Waals surface area (Å²) in [7, 11) is 0. The minimum Gasteiger partial charge on any atom is -0.481 e. The number of hydrogen-bond donors (Lipinski definition) is 2. The zero-order valence-corrected chi connectivity index (χ0v) is 10.0. The summed E-state index contributed by atoms with van der Waals surface area (Å²) in [6.07, 6.45) is 1.76. The molecule has 92 valence electrons. The lowest BCUT2D eigenvalue weighted by atomic mass is 10.1. The van der Waals surface area contributed by atoms with Gasteiger partial charge < -0.3 is 15.2 Å². The number of amides is 1. The van der Waals surface area contributed by atoms with Gasteiger partial charge in [0.1, 0.15) is 5.60 Å². The number of carbonyl (C=O) groups is 2. The Balaban J connectivity index is 2.36. The molecule has 1 aliphatic carbocycles. The molecule has 1 aliphatic rings. The van der Waals surface area contributed by atoms with Crippen LogP contribution in [0.15, 0.2) is 0 Å². The van der Waals surface area contributed by atoms with Crippen LogP contribution in [-0.2, 0) is 9.53 Å². The van der Waals surface area contributed by atoms with Gasteiger partial charge in [0.05, 0.1) is 0 Å². The predicted octanol–water partition coefficient (Wildman–Crippen LogP) is 1.91. The Hall–Kier alpha value is -1.26. The highest BCUT2D eigenvalue weighted by molar-refractivity contribution is 5.70. The van der Waals surface area contributed by atoms with Gasteiger partial charge in [-0.05, 0) is 40.0 Å². The topological polar surface area (TPSA) is 75.6 Å². The summed E-state index contributed by atoms with van der Waals surface area (Å²) >= 11 is 0. The number of rotatable bonds is 4. The molecule has 0 aliphatic heterocycles. The summed E-state index contributed by atoms with van der Waals surface area (Å²) < 4.78 is 5.12. The average molecular weight is 229 g/mol. The first-order valence-electron chi connectivity index (χ1n) is 5.45. The number of alkyl carbamates (subject to hydrolysis) is 1. The lowest BCUT2D eigenvalue weighted by Crippen LogP contribution is -2.40. The summed E-state index contributed by atoms with van der Waals surface area (Å²) in [5.41, 5.74) is -0.853. The van der Waals surface area contributed by atoms with Gasteiger partial charge in [0.15, 0.2) is 0 Å². The first kappa shape index (κ1) is 12.8. The molecule has 0 unspecified atom stereocenters. The first-order valence-corrected chi connectivity index (χ1v) is 5.45. The van der Waals surface area contributed by atoms with Crippen molar-refractivity contribution in [3.05, 3.63) is 0 Å². The van der Waals surface area contributed by atoms with E-state index in [1.165, 1.54) is 0 Å². The van der Waals surface area contributed by atoms with Crippen LogP contribution in [0.2, 0.25) is 0 Å². The quantitative estimate of drug-likeness (QED) is 0.772. The number of nitrogens with one attached hydrogen (secondary N) is 1. The molecule has 1 saturated carbocycles. The van der Waals surface area contributed by atoms with Gasteiger partial charge in [0, 0.05) is 12.0 Å². The molecule has 5 nitrogen and oxygen atoms in total. The SMILES string of the molecule is CC(C)(C)OC(=O)NC1(CCC(=O)O)CC1. The fraction of sp³-hybridized carbons (Fsp3) is 0.818. The van der Waals surface area contributed by atoms with E-state index in [2.05, 4.69) is 5.32 Å². The fourth-order valence-electron chi connectivity index (χ4n) is 1.45. The predicted molar refractivity (Wildman–Crippen MR) is 58.2 cm³/mol. The lowest BCUT2D eigenvalue weighted by molar-refractivity contribution is -0.137. The van der Waals surface area contributed by atoms with E-state index in [1.807, 2.05) is 0 Å². The van der Waals surface area contributed by atoms with Gasteiger partial charge >= 0.3 is 12.1 Å². The normalized spacial score (nSPS) is 17.7. The molecule has 1 fully saturated rings. The Labute approximate surface area is 95.2 Å². The Kier molecular flexibility index (Phi) is 3.45. The Bertz CT molecular complexity index is 289. The number of hydrogen-bond acceptors (Lipinski definition) is 3. The molecule has 0 bridgehead atoms. The minimum absolute atomic E-state index is 0.0792. The van der Waals surface area contributed by atoms with E-state index in [0.29, 0.717) is 6.42 Å². The number of carboxylic acids is 1. The van der Waals surface area contributed by atoms with Crippen LogP contribution in [0.25, 0.3) is 0 Å². The van der Waals surface area contributed by atoms with E-state index in [0.717, 1.165) is 12.8 Å². The molecule has 0 heterocycles. The summed E-state index contributed by atoms with van der Waals surface area (Å²) in [6, 6.07) is 0. The molecule has 0 atom stereocenters. The van der Waals surface area contributed by atoms with Gasteiger partial charge in [-0.25, -0.2) is 4.79 Å². The van der Waals surface area contributed by atoms with Crippen LogP contribution in [0.1, 0.15) is 46.5 Å². The molecule has 16 heavy (non-hydrogen) atoms. The lowest BCUT2D eigenvalue weighted by Gasteiger charge is -2.23. The van der Waals surface area contributed by atoms with Gasteiger partial charge in [-0.1, -0.05) is 0 Å². The van der Waals surface area contributed by atoms with E-state index >= 15 is 0 Å². The van der Waals surface area contributed by atoms with Crippen LogP contribution in [0.4, 0.5) is 4.79 Å². The van der Waals surface area contributed by atoms with Crippen molar-refractivity contribution in [1.82, 2.24) is 5.32 Å². The maximum absolute atomic E-state index is 11.5. The van der Waals surface area contributed by atoms with Gasteiger partial charge in [-0.2, -0.15) is 0 Å². The molecular formula is C11H19NO4. The van der Waals surface area contributed by atoms with Crippen molar-refractivity contribution in [3.63, 3.8) is 0 Å². The van der Waals surface area contributed by atoms with Gasteiger partial charge in [-0.3, -0.25) is 4.79 Å². The second-order valence-electron chi connectivity index (χ2n) is 5.30. The number of carboxylic acid groups (broad SMARTS) is 1. The average Bonchev–Trinajstić information content (AvgIpc) is 2.78. The summed E-state index contributed by atoms with van der Waals surface area (Å²) in [5.74, 6) is -0.836. The van der Waals surface area contributed by atoms with E-state index in [1.54, 1.807) is 20.8 Å². The van der Waals surface area contributed by atoms with Crippen LogP contribution in [0.5, 0.6) is 0 Å². The van der Waals surface area contributed by atoms with E-state index in [9.17, 15) is 9.59 Å². The van der Waals surface area contributed by atoms with Crippen LogP contribution < -0.4 is 5.32 Å². The van der Waals surface area contributed by atoms with Crippen LogP contribution in [-0.4, -0.2) is 28.3 Å². The summed E-state index contributed by atoms with van der Waals surface area (Å²) in [5, 5.41) is 11.3. The number of carbonyl (C=O) groups excluding carboxylic acids is 1. The molecule has 0 aromatic rings. The van der Waals surface area contributed by atoms with Crippen molar-refractivity contribution in [3.8, 4) is 0 Å². The molecule has 0 aromatic heterocycles. The summed E-state index contributed by atoms with van der Waals surface area (Å²) in [4.78, 5) is 21.9. The van der Waals surface area contributed by atoms with Crippen LogP contribution >= 0.6 is 0 Å². The smallest absolute Gasteiger partial charge is 0.408 e. The summed E-state index contributed by atoms with van der Waals surface area (Å²) in [6.45, 7) is 5.39. The van der Waals surface area contributed by atoms with Crippen molar-refractivity contribution in [2.45, 2.75) is 57.6 Å². The highest BCUT2D eigenvalue weighted by atomic mass is 16.6. The van der Waals surface area contributed by atoms with Gasteiger partial charge in [0.25, 0.3) is 0 Å². The van der Waals surface area contributed by atoms with Crippen LogP contribution in [0.3, 0.4) is 0 Å².